The zero-order chi connectivity index (χ0) is 16.4. The number of aliphatic carboxylic acids is 1. The molecule has 1 aromatic carbocycles. The molecule has 1 heterocycles. The van der Waals surface area contributed by atoms with Gasteiger partial charge in [-0.05, 0) is 30.0 Å². The van der Waals surface area contributed by atoms with Gasteiger partial charge in [-0.3, -0.25) is 4.79 Å². The summed E-state index contributed by atoms with van der Waals surface area (Å²) in [6.45, 7) is 0. The van der Waals surface area contributed by atoms with Crippen molar-refractivity contribution in [2.75, 3.05) is 7.11 Å². The number of carbonyl (C=O) groups excluding carboxylic acids is 1. The monoisotopic (exact) mass is 316 g/mol. The Morgan fingerprint density at radius 2 is 2.22 bits per heavy atom. The molecule has 1 amide bonds. The third kappa shape index (κ3) is 3.47. The van der Waals surface area contributed by atoms with Crippen LogP contribution in [0, 0.1) is 5.92 Å². The Labute approximate surface area is 133 Å². The van der Waals surface area contributed by atoms with Crippen molar-refractivity contribution in [2.24, 2.45) is 5.92 Å². The summed E-state index contributed by atoms with van der Waals surface area (Å²) in [6.07, 6.45) is 4.51. The third-order valence-electron chi connectivity index (χ3n) is 4.22. The van der Waals surface area contributed by atoms with E-state index in [1.54, 1.807) is 13.3 Å². The van der Waals surface area contributed by atoms with E-state index in [0.717, 1.165) is 29.3 Å². The highest BCUT2D eigenvalue weighted by molar-refractivity contribution is 5.94. The van der Waals surface area contributed by atoms with E-state index < -0.39 is 12.0 Å². The molecule has 1 atom stereocenters. The highest BCUT2D eigenvalue weighted by Crippen LogP contribution is 2.33. The van der Waals surface area contributed by atoms with Crippen LogP contribution in [0.15, 0.2) is 24.4 Å². The van der Waals surface area contributed by atoms with Crippen molar-refractivity contribution in [1.29, 1.82) is 0 Å². The van der Waals surface area contributed by atoms with Gasteiger partial charge < -0.3 is 20.1 Å². The van der Waals surface area contributed by atoms with Gasteiger partial charge in [0.1, 0.15) is 11.8 Å². The highest BCUT2D eigenvalue weighted by Gasteiger charge is 2.30. The Kier molecular flexibility index (Phi) is 4.23. The van der Waals surface area contributed by atoms with Crippen LogP contribution in [0.3, 0.4) is 0 Å². The van der Waals surface area contributed by atoms with E-state index >= 15 is 0 Å². The molecule has 1 aliphatic carbocycles. The van der Waals surface area contributed by atoms with Crippen molar-refractivity contribution >= 4 is 22.8 Å². The molecule has 3 rings (SSSR count). The van der Waals surface area contributed by atoms with Gasteiger partial charge in [0.05, 0.1) is 13.5 Å². The molecular formula is C17H20N2O4. The first-order chi connectivity index (χ1) is 11.1. The van der Waals surface area contributed by atoms with E-state index in [2.05, 4.69) is 10.3 Å². The van der Waals surface area contributed by atoms with E-state index in [1.165, 1.54) is 0 Å². The fourth-order valence-electron chi connectivity index (χ4n) is 2.86. The number of amides is 1. The maximum absolute atomic E-state index is 12.2. The number of aromatic amines is 1. The minimum absolute atomic E-state index is 0.120. The smallest absolute Gasteiger partial charge is 0.326 e. The Balaban J connectivity index is 1.73. The van der Waals surface area contributed by atoms with Crippen LogP contribution in [0.4, 0.5) is 0 Å². The number of carboxylic acids is 1. The number of hydrogen-bond acceptors (Lipinski definition) is 3. The van der Waals surface area contributed by atoms with E-state index in [-0.39, 0.29) is 12.3 Å². The van der Waals surface area contributed by atoms with Crippen LogP contribution < -0.4 is 10.1 Å². The van der Waals surface area contributed by atoms with Crippen molar-refractivity contribution in [1.82, 2.24) is 10.3 Å². The molecule has 1 fully saturated rings. The molecule has 1 saturated carbocycles. The Morgan fingerprint density at radius 3 is 2.87 bits per heavy atom. The summed E-state index contributed by atoms with van der Waals surface area (Å²) in [5.74, 6) is -0.129. The summed E-state index contributed by atoms with van der Waals surface area (Å²) in [7, 11) is 1.59. The Bertz CT molecular complexity index is 733. The fraction of sp³-hybridized carbons (Fsp3) is 0.412. The van der Waals surface area contributed by atoms with Crippen LogP contribution in [0.1, 0.15) is 24.8 Å². The molecule has 1 unspecified atom stereocenters. The molecule has 23 heavy (non-hydrogen) atoms. The van der Waals surface area contributed by atoms with E-state index in [4.69, 9.17) is 4.74 Å². The van der Waals surface area contributed by atoms with Crippen LogP contribution in [0.2, 0.25) is 0 Å². The van der Waals surface area contributed by atoms with Gasteiger partial charge in [-0.1, -0.05) is 18.9 Å². The summed E-state index contributed by atoms with van der Waals surface area (Å²) in [4.78, 5) is 26.6. The number of methoxy groups -OCH3 is 1. The average Bonchev–Trinajstić information content (AvgIpc) is 3.26. The predicted molar refractivity (Wildman–Crippen MR) is 85.5 cm³/mol. The molecule has 6 heteroatoms. The van der Waals surface area contributed by atoms with Gasteiger partial charge in [-0.2, -0.15) is 0 Å². The maximum atomic E-state index is 12.2. The average molecular weight is 316 g/mol. The molecule has 122 valence electrons. The van der Waals surface area contributed by atoms with Gasteiger partial charge in [-0.25, -0.2) is 4.79 Å². The summed E-state index contributed by atoms with van der Waals surface area (Å²) >= 11 is 0. The van der Waals surface area contributed by atoms with Crippen molar-refractivity contribution in [3.63, 3.8) is 0 Å². The largest absolute Gasteiger partial charge is 0.496 e. The zero-order valence-corrected chi connectivity index (χ0v) is 13.0. The van der Waals surface area contributed by atoms with Gasteiger partial charge in [-0.15, -0.1) is 0 Å². The van der Waals surface area contributed by atoms with Crippen molar-refractivity contribution in [2.45, 2.75) is 31.7 Å². The van der Waals surface area contributed by atoms with Crippen molar-refractivity contribution in [3.05, 3.63) is 30.0 Å². The SMILES string of the molecule is COc1cccc2[nH]cc(CC(=O)NC(CC3CC3)C(=O)O)c12. The number of nitrogens with one attached hydrogen (secondary N) is 2. The number of hydrogen-bond donors (Lipinski definition) is 3. The summed E-state index contributed by atoms with van der Waals surface area (Å²) < 4.78 is 5.34. The van der Waals surface area contributed by atoms with Crippen LogP contribution in [0.5, 0.6) is 5.75 Å². The van der Waals surface area contributed by atoms with Crippen LogP contribution >= 0.6 is 0 Å². The minimum Gasteiger partial charge on any atom is -0.496 e. The molecule has 1 aliphatic rings. The minimum atomic E-state index is -0.971. The second-order valence-electron chi connectivity index (χ2n) is 6.01. The molecule has 0 radical (unpaired) electrons. The topological polar surface area (TPSA) is 91.4 Å². The molecule has 0 spiro atoms. The number of rotatable bonds is 7. The van der Waals surface area contributed by atoms with Crippen LogP contribution in [-0.2, 0) is 16.0 Å². The lowest BCUT2D eigenvalue weighted by Gasteiger charge is -2.14. The number of aromatic nitrogens is 1. The Hall–Kier alpha value is -2.50. The van der Waals surface area contributed by atoms with E-state index in [9.17, 15) is 14.7 Å². The first kappa shape index (κ1) is 15.4. The molecule has 6 nitrogen and oxygen atoms in total. The second kappa shape index (κ2) is 6.32. The lowest BCUT2D eigenvalue weighted by molar-refractivity contribution is -0.142. The fourth-order valence-corrected chi connectivity index (χ4v) is 2.86. The molecular weight excluding hydrogens is 296 g/mol. The van der Waals surface area contributed by atoms with Crippen LogP contribution in [-0.4, -0.2) is 35.1 Å². The number of carboxylic acid groups (broad SMARTS) is 1. The van der Waals surface area contributed by atoms with E-state index in [0.29, 0.717) is 18.1 Å². The van der Waals surface area contributed by atoms with Gasteiger partial charge in [0, 0.05) is 17.1 Å². The lowest BCUT2D eigenvalue weighted by atomic mass is 10.1. The quantitative estimate of drug-likeness (QED) is 0.729. The van der Waals surface area contributed by atoms with Gasteiger partial charge >= 0.3 is 5.97 Å². The first-order valence-electron chi connectivity index (χ1n) is 7.73. The number of carbonyl (C=O) groups is 2. The Morgan fingerprint density at radius 1 is 1.43 bits per heavy atom. The second-order valence-corrected chi connectivity index (χ2v) is 6.01. The lowest BCUT2D eigenvalue weighted by Crippen LogP contribution is -2.41. The van der Waals surface area contributed by atoms with Crippen molar-refractivity contribution < 1.29 is 19.4 Å². The highest BCUT2D eigenvalue weighted by atomic mass is 16.5. The normalized spacial score (nSPS) is 15.3. The van der Waals surface area contributed by atoms with Crippen LogP contribution in [0.25, 0.3) is 10.9 Å². The summed E-state index contributed by atoms with van der Waals surface area (Å²) in [5.41, 5.74) is 1.69. The first-order valence-corrected chi connectivity index (χ1v) is 7.73. The standard InChI is InChI=1S/C17H20N2O4/c1-23-14-4-2-3-12-16(14)11(9-18-12)8-15(20)19-13(17(21)22)7-10-5-6-10/h2-4,9-10,13,18H,5-8H2,1H3,(H,19,20)(H,21,22). The van der Waals surface area contributed by atoms with Crippen molar-refractivity contribution in [3.8, 4) is 5.75 Å². The molecule has 2 aromatic rings. The molecule has 0 bridgehead atoms. The predicted octanol–water partition coefficient (Wildman–Crippen LogP) is 2.09. The number of benzene rings is 1. The number of ether oxygens (including phenoxy) is 1. The summed E-state index contributed by atoms with van der Waals surface area (Å²) in [6, 6.07) is 4.82. The maximum Gasteiger partial charge on any atom is 0.326 e. The van der Waals surface area contributed by atoms with Gasteiger partial charge in [0.25, 0.3) is 0 Å². The molecule has 3 N–H and O–H groups in total. The number of H-pyrrole nitrogens is 1. The molecule has 0 aliphatic heterocycles. The molecule has 0 saturated heterocycles. The summed E-state index contributed by atoms with van der Waals surface area (Å²) in [5, 5.41) is 12.7. The van der Waals surface area contributed by atoms with E-state index in [1.807, 2.05) is 18.2 Å². The zero-order valence-electron chi connectivity index (χ0n) is 13.0. The van der Waals surface area contributed by atoms with Gasteiger partial charge in [0.2, 0.25) is 5.91 Å². The third-order valence-corrected chi connectivity index (χ3v) is 4.22. The van der Waals surface area contributed by atoms with Gasteiger partial charge in [0.15, 0.2) is 0 Å². The molecule has 1 aromatic heterocycles. The number of fused-ring (bicyclic) bond motifs is 1.